The summed E-state index contributed by atoms with van der Waals surface area (Å²) in [6.45, 7) is 1.69. The van der Waals surface area contributed by atoms with Gasteiger partial charge in [-0.25, -0.2) is 0 Å². The zero-order chi connectivity index (χ0) is 6.85. The van der Waals surface area contributed by atoms with Crippen molar-refractivity contribution in [3.8, 4) is 0 Å². The number of ketones is 1. The topological polar surface area (TPSA) is 37.3 Å². The lowest BCUT2D eigenvalue weighted by Crippen LogP contribution is -2.20. The SMILES string of the molecule is CC(O)C1CCCC1=O. The summed E-state index contributed by atoms with van der Waals surface area (Å²) in [5.74, 6) is 0.190. The van der Waals surface area contributed by atoms with E-state index in [4.69, 9.17) is 5.11 Å². The van der Waals surface area contributed by atoms with E-state index in [1.807, 2.05) is 0 Å². The smallest absolute Gasteiger partial charge is 0.138 e. The van der Waals surface area contributed by atoms with Gasteiger partial charge in [0.05, 0.1) is 6.10 Å². The third kappa shape index (κ3) is 1.30. The third-order valence-corrected chi connectivity index (χ3v) is 1.93. The van der Waals surface area contributed by atoms with Crippen LogP contribution in [-0.4, -0.2) is 17.0 Å². The highest BCUT2D eigenvalue weighted by Gasteiger charge is 2.27. The first-order valence-electron chi connectivity index (χ1n) is 3.42. The van der Waals surface area contributed by atoms with Crippen LogP contribution in [0.15, 0.2) is 0 Å². The zero-order valence-corrected chi connectivity index (χ0v) is 5.63. The van der Waals surface area contributed by atoms with Crippen molar-refractivity contribution in [1.29, 1.82) is 0 Å². The molecule has 52 valence electrons. The van der Waals surface area contributed by atoms with Gasteiger partial charge in [-0.3, -0.25) is 4.79 Å². The molecular weight excluding hydrogens is 116 g/mol. The summed E-state index contributed by atoms with van der Waals surface area (Å²) >= 11 is 0. The predicted octanol–water partition coefficient (Wildman–Crippen LogP) is 0.736. The highest BCUT2D eigenvalue weighted by molar-refractivity contribution is 5.83. The molecule has 0 aromatic carbocycles. The highest BCUT2D eigenvalue weighted by Crippen LogP contribution is 2.23. The Morgan fingerprint density at radius 1 is 1.78 bits per heavy atom. The summed E-state index contributed by atoms with van der Waals surface area (Å²) in [4.78, 5) is 10.9. The van der Waals surface area contributed by atoms with E-state index in [1.165, 1.54) is 0 Å². The Kier molecular flexibility index (Phi) is 1.86. The van der Waals surface area contributed by atoms with Crippen LogP contribution in [0.25, 0.3) is 0 Å². The van der Waals surface area contributed by atoms with Gasteiger partial charge in [-0.05, 0) is 19.8 Å². The molecule has 0 radical (unpaired) electrons. The van der Waals surface area contributed by atoms with Crippen LogP contribution in [0, 0.1) is 5.92 Å². The molecule has 1 N–H and O–H groups in total. The number of carbonyl (C=O) groups is 1. The minimum Gasteiger partial charge on any atom is -0.393 e. The van der Waals surface area contributed by atoms with Crippen molar-refractivity contribution >= 4 is 5.78 Å². The quantitative estimate of drug-likeness (QED) is 0.565. The van der Waals surface area contributed by atoms with Gasteiger partial charge < -0.3 is 5.11 Å². The molecule has 2 unspecified atom stereocenters. The van der Waals surface area contributed by atoms with Crippen LogP contribution in [0.3, 0.4) is 0 Å². The van der Waals surface area contributed by atoms with E-state index in [9.17, 15) is 4.79 Å². The monoisotopic (exact) mass is 128 g/mol. The van der Waals surface area contributed by atoms with Crippen molar-refractivity contribution in [2.45, 2.75) is 32.3 Å². The van der Waals surface area contributed by atoms with E-state index in [-0.39, 0.29) is 11.7 Å². The van der Waals surface area contributed by atoms with Gasteiger partial charge >= 0.3 is 0 Å². The summed E-state index contributed by atoms with van der Waals surface area (Å²) < 4.78 is 0. The summed E-state index contributed by atoms with van der Waals surface area (Å²) in [6, 6.07) is 0. The van der Waals surface area contributed by atoms with Crippen LogP contribution in [0.2, 0.25) is 0 Å². The molecule has 0 heterocycles. The Balaban J connectivity index is 2.49. The molecule has 0 aliphatic heterocycles. The van der Waals surface area contributed by atoms with Crippen molar-refractivity contribution in [2.75, 3.05) is 0 Å². The van der Waals surface area contributed by atoms with Crippen molar-refractivity contribution in [3.63, 3.8) is 0 Å². The first-order valence-corrected chi connectivity index (χ1v) is 3.42. The fourth-order valence-electron chi connectivity index (χ4n) is 1.35. The summed E-state index contributed by atoms with van der Waals surface area (Å²) in [5, 5.41) is 9.00. The number of hydrogen-bond acceptors (Lipinski definition) is 2. The molecule has 2 nitrogen and oxygen atoms in total. The lowest BCUT2D eigenvalue weighted by molar-refractivity contribution is -0.123. The van der Waals surface area contributed by atoms with Gasteiger partial charge in [-0.1, -0.05) is 0 Å². The van der Waals surface area contributed by atoms with Crippen molar-refractivity contribution < 1.29 is 9.90 Å². The van der Waals surface area contributed by atoms with Crippen LogP contribution in [-0.2, 0) is 4.79 Å². The van der Waals surface area contributed by atoms with E-state index in [2.05, 4.69) is 0 Å². The van der Waals surface area contributed by atoms with Crippen molar-refractivity contribution in [2.24, 2.45) is 5.92 Å². The van der Waals surface area contributed by atoms with Crippen LogP contribution < -0.4 is 0 Å². The normalized spacial score (nSPS) is 30.9. The maximum atomic E-state index is 10.9. The van der Waals surface area contributed by atoms with E-state index in [0.29, 0.717) is 6.42 Å². The largest absolute Gasteiger partial charge is 0.393 e. The first-order chi connectivity index (χ1) is 4.22. The maximum absolute atomic E-state index is 10.9. The van der Waals surface area contributed by atoms with Crippen LogP contribution >= 0.6 is 0 Å². The molecule has 9 heavy (non-hydrogen) atoms. The summed E-state index contributed by atoms with van der Waals surface area (Å²) in [6.07, 6.45) is 2.10. The van der Waals surface area contributed by atoms with Gasteiger partial charge in [0.2, 0.25) is 0 Å². The Morgan fingerprint density at radius 3 is 2.67 bits per heavy atom. The van der Waals surface area contributed by atoms with Crippen molar-refractivity contribution in [3.05, 3.63) is 0 Å². The predicted molar refractivity (Wildman–Crippen MR) is 34.0 cm³/mol. The molecule has 2 heteroatoms. The molecule has 0 aromatic rings. The fraction of sp³-hybridized carbons (Fsp3) is 0.857. The first kappa shape index (κ1) is 6.75. The van der Waals surface area contributed by atoms with Crippen molar-refractivity contribution in [1.82, 2.24) is 0 Å². The maximum Gasteiger partial charge on any atom is 0.138 e. The highest BCUT2D eigenvalue weighted by atomic mass is 16.3. The average molecular weight is 128 g/mol. The third-order valence-electron chi connectivity index (χ3n) is 1.93. The molecule has 1 rings (SSSR count). The average Bonchev–Trinajstić information content (AvgIpc) is 2.13. The molecule has 1 aliphatic carbocycles. The van der Waals surface area contributed by atoms with Gasteiger partial charge in [0, 0.05) is 12.3 Å². The molecule has 0 spiro atoms. The Hall–Kier alpha value is -0.370. The van der Waals surface area contributed by atoms with Crippen LogP contribution in [0.5, 0.6) is 0 Å². The van der Waals surface area contributed by atoms with E-state index >= 15 is 0 Å². The lowest BCUT2D eigenvalue weighted by Gasteiger charge is -2.09. The lowest BCUT2D eigenvalue weighted by atomic mass is 10.0. The molecule has 0 bridgehead atoms. The second kappa shape index (κ2) is 2.48. The molecule has 0 saturated heterocycles. The number of Topliss-reactive ketones (excluding diaryl/α,β-unsaturated/α-hetero) is 1. The summed E-state index contributed by atoms with van der Waals surface area (Å²) in [5.41, 5.74) is 0. The fourth-order valence-corrected chi connectivity index (χ4v) is 1.35. The Morgan fingerprint density at radius 2 is 2.44 bits per heavy atom. The molecule has 0 amide bonds. The molecule has 1 saturated carbocycles. The Labute approximate surface area is 54.9 Å². The van der Waals surface area contributed by atoms with E-state index < -0.39 is 6.10 Å². The molecular formula is C7H12O2. The Bertz CT molecular complexity index is 118. The number of rotatable bonds is 1. The number of aliphatic hydroxyl groups is 1. The zero-order valence-electron chi connectivity index (χ0n) is 5.63. The number of carbonyl (C=O) groups excluding carboxylic acids is 1. The number of hydrogen-bond donors (Lipinski definition) is 1. The standard InChI is InChI=1S/C7H12O2/c1-5(8)6-3-2-4-7(6)9/h5-6,8H,2-4H2,1H3. The number of aliphatic hydroxyl groups excluding tert-OH is 1. The van der Waals surface area contributed by atoms with Gasteiger partial charge in [-0.15, -0.1) is 0 Å². The second-order valence-electron chi connectivity index (χ2n) is 2.71. The second-order valence-corrected chi connectivity index (χ2v) is 2.71. The van der Waals surface area contributed by atoms with E-state index in [0.717, 1.165) is 12.8 Å². The van der Waals surface area contributed by atoms with Crippen LogP contribution in [0.1, 0.15) is 26.2 Å². The van der Waals surface area contributed by atoms with Crippen LogP contribution in [0.4, 0.5) is 0 Å². The van der Waals surface area contributed by atoms with E-state index in [1.54, 1.807) is 6.92 Å². The van der Waals surface area contributed by atoms with Gasteiger partial charge in [-0.2, -0.15) is 0 Å². The molecule has 1 aliphatic rings. The molecule has 2 atom stereocenters. The molecule has 1 fully saturated rings. The minimum absolute atomic E-state index is 0.0509. The van der Waals surface area contributed by atoms with Gasteiger partial charge in [0.25, 0.3) is 0 Å². The van der Waals surface area contributed by atoms with Gasteiger partial charge in [0.15, 0.2) is 0 Å². The summed E-state index contributed by atoms with van der Waals surface area (Å²) in [7, 11) is 0. The molecule has 0 aromatic heterocycles. The van der Waals surface area contributed by atoms with Gasteiger partial charge in [0.1, 0.15) is 5.78 Å². The minimum atomic E-state index is -0.431.